The minimum absolute atomic E-state index is 0.0811. The van der Waals surface area contributed by atoms with Crippen LogP contribution in [0.5, 0.6) is 0 Å². The highest BCUT2D eigenvalue weighted by Crippen LogP contribution is 2.13. The number of aryl methyl sites for hydroxylation is 1. The molecule has 1 aliphatic heterocycles. The molecule has 80 valence electrons. The normalized spacial score (nSPS) is 15.8. The van der Waals surface area contributed by atoms with Crippen LogP contribution in [0, 0.1) is 12.8 Å². The van der Waals surface area contributed by atoms with Gasteiger partial charge in [0, 0.05) is 12.6 Å². The number of hydrogen-bond donors (Lipinski definition) is 2. The van der Waals surface area contributed by atoms with E-state index < -0.39 is 0 Å². The van der Waals surface area contributed by atoms with Gasteiger partial charge in [-0.05, 0) is 38.1 Å². The number of amides is 1. The average Bonchev–Trinajstić information content (AvgIpc) is 2.16. The Kier molecular flexibility index (Phi) is 2.97. The molecule has 0 bridgehead atoms. The van der Waals surface area contributed by atoms with Crippen LogP contribution in [0.4, 0.5) is 5.69 Å². The van der Waals surface area contributed by atoms with Crippen LogP contribution < -0.4 is 10.6 Å². The number of carbonyl (C=O) groups is 1. The zero-order valence-electron chi connectivity index (χ0n) is 8.79. The summed E-state index contributed by atoms with van der Waals surface area (Å²) in [6, 6.07) is 3.70. The molecule has 0 unspecified atom stereocenters. The van der Waals surface area contributed by atoms with Gasteiger partial charge in [-0.15, -0.1) is 0 Å². The topological polar surface area (TPSA) is 54.0 Å². The van der Waals surface area contributed by atoms with Crippen molar-refractivity contribution in [2.75, 3.05) is 18.4 Å². The Balaban J connectivity index is 1.90. The van der Waals surface area contributed by atoms with Crippen LogP contribution in [0.3, 0.4) is 0 Å². The summed E-state index contributed by atoms with van der Waals surface area (Å²) in [4.78, 5) is 15.7. The van der Waals surface area contributed by atoms with Gasteiger partial charge in [-0.1, -0.05) is 0 Å². The van der Waals surface area contributed by atoms with Gasteiger partial charge in [0.1, 0.15) is 0 Å². The van der Waals surface area contributed by atoms with Crippen molar-refractivity contribution in [3.63, 3.8) is 0 Å². The minimum Gasteiger partial charge on any atom is -0.324 e. The highest BCUT2D eigenvalue weighted by Gasteiger charge is 2.20. The maximum Gasteiger partial charge on any atom is 0.224 e. The molecule has 1 amide bonds. The molecule has 4 heteroatoms. The van der Waals surface area contributed by atoms with Gasteiger partial charge in [-0.3, -0.25) is 9.78 Å². The zero-order valence-corrected chi connectivity index (χ0v) is 8.79. The quantitative estimate of drug-likeness (QED) is 0.772. The molecule has 0 radical (unpaired) electrons. The predicted molar refractivity (Wildman–Crippen MR) is 58.6 cm³/mol. The summed E-state index contributed by atoms with van der Waals surface area (Å²) < 4.78 is 0. The van der Waals surface area contributed by atoms with Crippen molar-refractivity contribution in [3.05, 3.63) is 24.0 Å². The molecule has 1 fully saturated rings. The zero-order chi connectivity index (χ0) is 10.7. The number of aromatic nitrogens is 1. The maximum atomic E-state index is 11.6. The Morgan fingerprint density at radius 1 is 1.67 bits per heavy atom. The number of nitrogens with zero attached hydrogens (tertiary/aromatic N) is 1. The number of nitrogens with one attached hydrogen (secondary N) is 2. The number of hydrogen-bond acceptors (Lipinski definition) is 3. The number of pyridine rings is 1. The van der Waals surface area contributed by atoms with Gasteiger partial charge >= 0.3 is 0 Å². The fraction of sp³-hybridized carbons (Fsp3) is 0.455. The molecule has 2 rings (SSSR count). The number of anilines is 1. The Labute approximate surface area is 89.1 Å². The molecule has 1 aromatic heterocycles. The molecule has 0 aromatic carbocycles. The molecule has 4 nitrogen and oxygen atoms in total. The van der Waals surface area contributed by atoms with Crippen LogP contribution in [0.2, 0.25) is 0 Å². The van der Waals surface area contributed by atoms with E-state index in [0.29, 0.717) is 12.3 Å². The van der Waals surface area contributed by atoms with Crippen molar-refractivity contribution in [3.8, 4) is 0 Å². The molecule has 1 aromatic rings. The van der Waals surface area contributed by atoms with Gasteiger partial charge in [0.05, 0.1) is 11.4 Å². The standard InChI is InChI=1S/C11H15N3O/c1-8-10(3-2-4-13-8)14-11(15)5-9-6-12-7-9/h2-4,9,12H,5-7H2,1H3,(H,14,15). The van der Waals surface area contributed by atoms with E-state index in [9.17, 15) is 4.79 Å². The summed E-state index contributed by atoms with van der Waals surface area (Å²) in [6.07, 6.45) is 2.32. The van der Waals surface area contributed by atoms with Crippen molar-refractivity contribution < 1.29 is 4.79 Å². The minimum atomic E-state index is 0.0811. The number of rotatable bonds is 3. The first-order chi connectivity index (χ1) is 7.25. The first-order valence-electron chi connectivity index (χ1n) is 5.18. The van der Waals surface area contributed by atoms with E-state index in [1.54, 1.807) is 6.20 Å². The van der Waals surface area contributed by atoms with Crippen molar-refractivity contribution in [2.24, 2.45) is 5.92 Å². The van der Waals surface area contributed by atoms with E-state index in [-0.39, 0.29) is 5.91 Å². The SMILES string of the molecule is Cc1ncccc1NC(=O)CC1CNC1. The second-order valence-corrected chi connectivity index (χ2v) is 3.91. The summed E-state index contributed by atoms with van der Waals surface area (Å²) in [7, 11) is 0. The van der Waals surface area contributed by atoms with Gasteiger partial charge in [0.25, 0.3) is 0 Å². The molecular weight excluding hydrogens is 190 g/mol. The van der Waals surface area contributed by atoms with Crippen LogP contribution >= 0.6 is 0 Å². The molecule has 2 heterocycles. The molecular formula is C11H15N3O. The Hall–Kier alpha value is -1.42. The Morgan fingerprint density at radius 2 is 2.47 bits per heavy atom. The summed E-state index contributed by atoms with van der Waals surface area (Å²) in [5, 5.41) is 6.03. The van der Waals surface area contributed by atoms with Crippen LogP contribution in [0.1, 0.15) is 12.1 Å². The molecule has 1 saturated heterocycles. The highest BCUT2D eigenvalue weighted by atomic mass is 16.1. The Morgan fingerprint density at radius 3 is 3.07 bits per heavy atom. The van der Waals surface area contributed by atoms with E-state index in [1.165, 1.54) is 0 Å². The van der Waals surface area contributed by atoms with E-state index in [2.05, 4.69) is 15.6 Å². The van der Waals surface area contributed by atoms with Gasteiger partial charge in [0.2, 0.25) is 5.91 Å². The van der Waals surface area contributed by atoms with E-state index in [4.69, 9.17) is 0 Å². The molecule has 0 saturated carbocycles. The summed E-state index contributed by atoms with van der Waals surface area (Å²) in [5.41, 5.74) is 1.67. The van der Waals surface area contributed by atoms with E-state index >= 15 is 0 Å². The lowest BCUT2D eigenvalue weighted by atomic mass is 9.99. The van der Waals surface area contributed by atoms with Crippen molar-refractivity contribution >= 4 is 11.6 Å². The lowest BCUT2D eigenvalue weighted by molar-refractivity contribution is -0.117. The summed E-state index contributed by atoms with van der Waals surface area (Å²) in [5.74, 6) is 0.583. The van der Waals surface area contributed by atoms with Gasteiger partial charge in [-0.2, -0.15) is 0 Å². The molecule has 15 heavy (non-hydrogen) atoms. The van der Waals surface area contributed by atoms with Gasteiger partial charge < -0.3 is 10.6 Å². The molecule has 0 atom stereocenters. The van der Waals surface area contributed by atoms with Gasteiger partial charge in [0.15, 0.2) is 0 Å². The van der Waals surface area contributed by atoms with Gasteiger partial charge in [-0.25, -0.2) is 0 Å². The van der Waals surface area contributed by atoms with E-state index in [0.717, 1.165) is 24.5 Å². The van der Waals surface area contributed by atoms with E-state index in [1.807, 2.05) is 19.1 Å². The lowest BCUT2D eigenvalue weighted by Gasteiger charge is -2.26. The highest BCUT2D eigenvalue weighted by molar-refractivity contribution is 5.91. The fourth-order valence-corrected chi connectivity index (χ4v) is 1.57. The average molecular weight is 205 g/mol. The third-order valence-electron chi connectivity index (χ3n) is 2.62. The predicted octanol–water partition coefficient (Wildman–Crippen LogP) is 0.938. The monoisotopic (exact) mass is 205 g/mol. The maximum absolute atomic E-state index is 11.6. The lowest BCUT2D eigenvalue weighted by Crippen LogP contribution is -2.43. The fourth-order valence-electron chi connectivity index (χ4n) is 1.57. The smallest absolute Gasteiger partial charge is 0.224 e. The van der Waals surface area contributed by atoms with Crippen molar-refractivity contribution in [1.29, 1.82) is 0 Å². The third-order valence-corrected chi connectivity index (χ3v) is 2.62. The van der Waals surface area contributed by atoms with Crippen molar-refractivity contribution in [1.82, 2.24) is 10.3 Å². The molecule has 2 N–H and O–H groups in total. The summed E-state index contributed by atoms with van der Waals surface area (Å²) >= 11 is 0. The number of carbonyl (C=O) groups excluding carboxylic acids is 1. The third kappa shape index (κ3) is 2.53. The van der Waals surface area contributed by atoms with Crippen molar-refractivity contribution in [2.45, 2.75) is 13.3 Å². The molecule has 0 spiro atoms. The summed E-state index contributed by atoms with van der Waals surface area (Å²) in [6.45, 7) is 3.80. The van der Waals surface area contributed by atoms with Crippen LogP contribution in [0.15, 0.2) is 18.3 Å². The van der Waals surface area contributed by atoms with Crippen LogP contribution in [0.25, 0.3) is 0 Å². The second kappa shape index (κ2) is 4.40. The first kappa shape index (κ1) is 10.1. The van der Waals surface area contributed by atoms with Crippen LogP contribution in [-0.2, 0) is 4.79 Å². The largest absolute Gasteiger partial charge is 0.324 e. The second-order valence-electron chi connectivity index (χ2n) is 3.91. The van der Waals surface area contributed by atoms with Crippen LogP contribution in [-0.4, -0.2) is 24.0 Å². The Bertz CT molecular complexity index is 361. The molecule has 0 aliphatic carbocycles. The first-order valence-corrected chi connectivity index (χ1v) is 5.18. The molecule has 1 aliphatic rings.